The van der Waals surface area contributed by atoms with Gasteiger partial charge in [-0.05, 0) is 31.5 Å². The van der Waals surface area contributed by atoms with E-state index in [4.69, 9.17) is 9.84 Å². The molecule has 3 heteroatoms. The molecule has 0 amide bonds. The minimum absolute atomic E-state index is 0.260. The maximum absolute atomic E-state index is 9.16. The molecule has 0 bridgehead atoms. The lowest BCUT2D eigenvalue weighted by Gasteiger charge is -2.19. The maximum Gasteiger partial charge on any atom is 0.115 e. The fourth-order valence-electron chi connectivity index (χ4n) is 1.58. The number of hydrogen-bond donors (Lipinski definition) is 2. The molecule has 1 aromatic rings. The van der Waals surface area contributed by atoms with Gasteiger partial charge in [0.25, 0.3) is 0 Å². The minimum atomic E-state index is 0.260. The number of aromatic hydroxyl groups is 1. The van der Waals surface area contributed by atoms with E-state index in [0.29, 0.717) is 18.4 Å². The zero-order chi connectivity index (χ0) is 11.3. The van der Waals surface area contributed by atoms with Crippen LogP contribution in [0, 0.1) is 0 Å². The van der Waals surface area contributed by atoms with Crippen molar-refractivity contribution in [1.82, 2.24) is 5.32 Å². The summed E-state index contributed by atoms with van der Waals surface area (Å²) in [5, 5.41) is 12.6. The van der Waals surface area contributed by atoms with E-state index in [-0.39, 0.29) is 6.04 Å². The van der Waals surface area contributed by atoms with Crippen molar-refractivity contribution in [3.8, 4) is 5.75 Å². The number of nitrogens with one attached hydrogen (secondary N) is 1. The van der Waals surface area contributed by atoms with Gasteiger partial charge >= 0.3 is 0 Å². The number of benzene rings is 1. The van der Waals surface area contributed by atoms with Gasteiger partial charge in [0.05, 0.1) is 6.61 Å². The maximum atomic E-state index is 9.16. The molecule has 0 saturated carbocycles. The van der Waals surface area contributed by atoms with Crippen LogP contribution in [0.1, 0.15) is 25.5 Å². The summed E-state index contributed by atoms with van der Waals surface area (Å²) >= 11 is 0. The van der Waals surface area contributed by atoms with Gasteiger partial charge in [-0.2, -0.15) is 0 Å². The Bertz CT molecular complexity index is 284. The summed E-state index contributed by atoms with van der Waals surface area (Å²) in [6.07, 6.45) is 0. The van der Waals surface area contributed by atoms with Crippen LogP contribution in [-0.4, -0.2) is 24.9 Å². The van der Waals surface area contributed by atoms with Crippen LogP contribution in [0.3, 0.4) is 0 Å². The van der Waals surface area contributed by atoms with Crippen molar-refractivity contribution >= 4 is 0 Å². The Hall–Kier alpha value is -1.06. The highest BCUT2D eigenvalue weighted by Crippen LogP contribution is 2.16. The molecule has 0 heterocycles. The smallest absolute Gasteiger partial charge is 0.115 e. The number of hydrogen-bond acceptors (Lipinski definition) is 3. The second-order valence-electron chi connectivity index (χ2n) is 3.84. The molecule has 0 fully saturated rings. The third kappa shape index (κ3) is 3.90. The summed E-state index contributed by atoms with van der Waals surface area (Å²) in [5.41, 5.74) is 1.16. The van der Waals surface area contributed by atoms with Gasteiger partial charge in [0.15, 0.2) is 0 Å². The molecule has 0 spiro atoms. The van der Waals surface area contributed by atoms with E-state index in [1.807, 2.05) is 12.1 Å². The molecule has 0 aromatic heterocycles. The highest BCUT2D eigenvalue weighted by molar-refractivity contribution is 5.27. The van der Waals surface area contributed by atoms with Crippen molar-refractivity contribution in [2.24, 2.45) is 0 Å². The first-order valence-corrected chi connectivity index (χ1v) is 5.17. The zero-order valence-corrected chi connectivity index (χ0v) is 9.53. The third-order valence-corrected chi connectivity index (χ3v) is 2.34. The summed E-state index contributed by atoms with van der Waals surface area (Å²) in [4.78, 5) is 0. The average molecular weight is 209 g/mol. The quantitative estimate of drug-likeness (QED) is 0.780. The first-order chi connectivity index (χ1) is 7.13. The molecule has 3 nitrogen and oxygen atoms in total. The van der Waals surface area contributed by atoms with Gasteiger partial charge in [0, 0.05) is 19.2 Å². The second-order valence-corrected chi connectivity index (χ2v) is 3.84. The lowest BCUT2D eigenvalue weighted by Crippen LogP contribution is -2.32. The molecular formula is C12H19NO2. The fraction of sp³-hybridized carbons (Fsp3) is 0.500. The van der Waals surface area contributed by atoms with Crippen LogP contribution in [-0.2, 0) is 4.74 Å². The van der Waals surface area contributed by atoms with Crippen LogP contribution in [0.4, 0.5) is 0 Å². The summed E-state index contributed by atoms with van der Waals surface area (Å²) in [7, 11) is 1.70. The Morgan fingerprint density at radius 3 is 2.40 bits per heavy atom. The van der Waals surface area contributed by atoms with E-state index in [9.17, 15) is 0 Å². The number of methoxy groups -OCH3 is 1. The molecule has 1 rings (SSSR count). The van der Waals surface area contributed by atoms with E-state index in [1.54, 1.807) is 19.2 Å². The summed E-state index contributed by atoms with van der Waals surface area (Å²) in [6.45, 7) is 4.88. The van der Waals surface area contributed by atoms with Gasteiger partial charge in [-0.25, -0.2) is 0 Å². The lowest BCUT2D eigenvalue weighted by atomic mass is 10.1. The largest absolute Gasteiger partial charge is 0.508 e. The van der Waals surface area contributed by atoms with Crippen molar-refractivity contribution < 1.29 is 9.84 Å². The summed E-state index contributed by atoms with van der Waals surface area (Å²) in [5.74, 6) is 0.302. The van der Waals surface area contributed by atoms with Crippen molar-refractivity contribution in [3.63, 3.8) is 0 Å². The molecule has 0 aliphatic rings. The average Bonchev–Trinajstić information content (AvgIpc) is 2.18. The molecule has 84 valence electrons. The molecule has 1 aromatic carbocycles. The Morgan fingerprint density at radius 2 is 1.87 bits per heavy atom. The minimum Gasteiger partial charge on any atom is -0.508 e. The van der Waals surface area contributed by atoms with Gasteiger partial charge in [-0.15, -0.1) is 0 Å². The lowest BCUT2D eigenvalue weighted by molar-refractivity contribution is 0.167. The highest BCUT2D eigenvalue weighted by Gasteiger charge is 2.08. The van der Waals surface area contributed by atoms with Gasteiger partial charge < -0.3 is 15.2 Å². The Balaban J connectivity index is 2.53. The molecule has 0 aliphatic heterocycles. The van der Waals surface area contributed by atoms with Gasteiger partial charge in [0.2, 0.25) is 0 Å². The standard InChI is InChI=1S/C12H19NO2/c1-9(8-15-3)13-10(2)11-4-6-12(14)7-5-11/h4-7,9-10,13-14H,8H2,1-3H3. The monoisotopic (exact) mass is 209 g/mol. The van der Waals surface area contributed by atoms with Gasteiger partial charge in [-0.3, -0.25) is 0 Å². The summed E-state index contributed by atoms with van der Waals surface area (Å²) < 4.78 is 5.06. The van der Waals surface area contributed by atoms with Crippen LogP contribution < -0.4 is 5.32 Å². The molecule has 2 unspecified atom stereocenters. The molecule has 0 aliphatic carbocycles. The van der Waals surface area contributed by atoms with E-state index in [2.05, 4.69) is 19.2 Å². The van der Waals surface area contributed by atoms with Crippen LogP contribution in [0.5, 0.6) is 5.75 Å². The van der Waals surface area contributed by atoms with Crippen LogP contribution in [0.2, 0.25) is 0 Å². The van der Waals surface area contributed by atoms with Crippen molar-refractivity contribution in [1.29, 1.82) is 0 Å². The Kier molecular flexibility index (Phi) is 4.59. The van der Waals surface area contributed by atoms with Gasteiger partial charge in [-0.1, -0.05) is 12.1 Å². The molecule has 2 N–H and O–H groups in total. The zero-order valence-electron chi connectivity index (χ0n) is 9.53. The van der Waals surface area contributed by atoms with Gasteiger partial charge in [0.1, 0.15) is 5.75 Å². The number of rotatable bonds is 5. The fourth-order valence-corrected chi connectivity index (χ4v) is 1.58. The SMILES string of the molecule is COCC(C)NC(C)c1ccc(O)cc1. The third-order valence-electron chi connectivity index (χ3n) is 2.34. The Morgan fingerprint density at radius 1 is 1.27 bits per heavy atom. The van der Waals surface area contributed by atoms with Crippen molar-refractivity contribution in [2.75, 3.05) is 13.7 Å². The molecule has 2 atom stereocenters. The normalized spacial score (nSPS) is 14.9. The second kappa shape index (κ2) is 5.73. The Labute approximate surface area is 91.1 Å². The predicted molar refractivity (Wildman–Crippen MR) is 61.0 cm³/mol. The predicted octanol–water partition coefficient (Wildman–Crippen LogP) is 2.08. The van der Waals surface area contributed by atoms with Crippen LogP contribution in [0.15, 0.2) is 24.3 Å². The first-order valence-electron chi connectivity index (χ1n) is 5.17. The van der Waals surface area contributed by atoms with Crippen molar-refractivity contribution in [3.05, 3.63) is 29.8 Å². The topological polar surface area (TPSA) is 41.5 Å². The van der Waals surface area contributed by atoms with E-state index >= 15 is 0 Å². The van der Waals surface area contributed by atoms with E-state index < -0.39 is 0 Å². The van der Waals surface area contributed by atoms with Crippen molar-refractivity contribution in [2.45, 2.75) is 25.9 Å². The molecule has 15 heavy (non-hydrogen) atoms. The molecule has 0 radical (unpaired) electrons. The van der Waals surface area contributed by atoms with Crippen LogP contribution in [0.25, 0.3) is 0 Å². The summed E-state index contributed by atoms with van der Waals surface area (Å²) in [6, 6.07) is 7.83. The number of phenolic OH excluding ortho intramolecular Hbond substituents is 1. The van der Waals surface area contributed by atoms with E-state index in [0.717, 1.165) is 5.56 Å². The highest BCUT2D eigenvalue weighted by atomic mass is 16.5. The van der Waals surface area contributed by atoms with E-state index in [1.165, 1.54) is 0 Å². The number of ether oxygens (including phenoxy) is 1. The number of phenols is 1. The molecule has 0 saturated heterocycles. The van der Waals surface area contributed by atoms with Crippen LogP contribution >= 0.6 is 0 Å². The first kappa shape index (κ1) is 12.0. The molecular weight excluding hydrogens is 190 g/mol.